The number of ether oxygens (including phenoxy) is 1. The number of amides is 1. The van der Waals surface area contributed by atoms with Gasteiger partial charge in [-0.2, -0.15) is 0 Å². The maximum atomic E-state index is 13.2. The third kappa shape index (κ3) is 8.92. The summed E-state index contributed by atoms with van der Waals surface area (Å²) in [6, 6.07) is 6.06. The fourth-order valence-electron chi connectivity index (χ4n) is 1.97. The van der Waals surface area contributed by atoms with Gasteiger partial charge in [0.05, 0.1) is 6.61 Å². The predicted octanol–water partition coefficient (Wildman–Crippen LogP) is 4.10. The number of alkyl halides is 2. The zero-order valence-electron chi connectivity index (χ0n) is 15.1. The third-order valence-electron chi connectivity index (χ3n) is 3.07. The minimum Gasteiger partial charge on any atom is -0.443 e. The molecule has 0 fully saturated rings. The van der Waals surface area contributed by atoms with Crippen molar-refractivity contribution in [1.29, 1.82) is 0 Å². The molecule has 1 aromatic rings. The van der Waals surface area contributed by atoms with Crippen LogP contribution in [0.3, 0.4) is 0 Å². The van der Waals surface area contributed by atoms with Crippen molar-refractivity contribution in [3.05, 3.63) is 35.4 Å². The molecule has 142 valence electrons. The highest BCUT2D eigenvalue weighted by Gasteiger charge is 2.23. The lowest BCUT2D eigenvalue weighted by Gasteiger charge is -2.19. The molecule has 1 amide bonds. The third-order valence-corrected chi connectivity index (χ3v) is 3.75. The van der Waals surface area contributed by atoms with Gasteiger partial charge in [0.1, 0.15) is 5.60 Å². The lowest BCUT2D eigenvalue weighted by Crippen LogP contribution is -2.34. The van der Waals surface area contributed by atoms with Gasteiger partial charge in [-0.3, -0.25) is 4.18 Å². The van der Waals surface area contributed by atoms with E-state index in [-0.39, 0.29) is 18.1 Å². The fraction of sp³-hybridized carbons (Fsp3) is 0.588. The summed E-state index contributed by atoms with van der Waals surface area (Å²) in [5, 5.41) is 0. The molecule has 5 nitrogen and oxygen atoms in total. The lowest BCUT2D eigenvalue weighted by molar-refractivity contribution is 0.0174. The van der Waals surface area contributed by atoms with E-state index in [1.807, 2.05) is 6.92 Å². The van der Waals surface area contributed by atoms with E-state index in [2.05, 4.69) is 4.72 Å². The quantitative estimate of drug-likeness (QED) is 0.777. The number of nitrogens with one attached hydrogen (secondary N) is 1. The molecule has 0 aliphatic carbocycles. The molecule has 1 aromatic carbocycles. The molecule has 0 bridgehead atoms. The second-order valence-corrected chi connectivity index (χ2v) is 7.93. The Morgan fingerprint density at radius 3 is 2.24 bits per heavy atom. The number of hydrogen-bond donors (Lipinski definition) is 1. The first-order valence-corrected chi connectivity index (χ1v) is 8.96. The van der Waals surface area contributed by atoms with Gasteiger partial charge in [0, 0.05) is 12.5 Å². The number of carbonyl (C=O) groups excluding carboxylic acids is 1. The number of carbonyl (C=O) groups is 1. The van der Waals surface area contributed by atoms with Crippen LogP contribution in [0.15, 0.2) is 24.3 Å². The smallest absolute Gasteiger partial charge is 0.421 e. The monoisotopic (exact) mass is 377 g/mol. The van der Waals surface area contributed by atoms with Crippen LogP contribution in [0.4, 0.5) is 13.6 Å². The van der Waals surface area contributed by atoms with Crippen molar-refractivity contribution >= 4 is 17.4 Å². The van der Waals surface area contributed by atoms with E-state index < -0.39 is 28.9 Å². The first-order valence-electron chi connectivity index (χ1n) is 7.89. The van der Waals surface area contributed by atoms with Gasteiger partial charge in [0.25, 0.3) is 17.2 Å². The van der Waals surface area contributed by atoms with E-state index in [0.29, 0.717) is 6.42 Å². The highest BCUT2D eigenvalue weighted by molar-refractivity contribution is 7.78. The van der Waals surface area contributed by atoms with Crippen molar-refractivity contribution in [3.8, 4) is 0 Å². The summed E-state index contributed by atoms with van der Waals surface area (Å²) in [6.45, 7) is 7.93. The molecule has 1 unspecified atom stereocenters. The van der Waals surface area contributed by atoms with Crippen molar-refractivity contribution in [1.82, 2.24) is 4.72 Å². The van der Waals surface area contributed by atoms with Crippen LogP contribution in [0.1, 0.15) is 45.7 Å². The summed E-state index contributed by atoms with van der Waals surface area (Å²) in [6.07, 6.45) is -0.256. The molecular formula is C17H25F2NO4S. The van der Waals surface area contributed by atoms with Crippen molar-refractivity contribution in [2.75, 3.05) is 6.61 Å². The molecule has 1 N–H and O–H groups in total. The van der Waals surface area contributed by atoms with Crippen molar-refractivity contribution in [3.63, 3.8) is 0 Å². The summed E-state index contributed by atoms with van der Waals surface area (Å²) in [7, 11) is 0. The summed E-state index contributed by atoms with van der Waals surface area (Å²) < 4.78 is 50.1. The maximum Gasteiger partial charge on any atom is 0.421 e. The molecule has 1 rings (SSSR count). The van der Waals surface area contributed by atoms with Crippen LogP contribution in [0.2, 0.25) is 0 Å². The van der Waals surface area contributed by atoms with E-state index in [0.717, 1.165) is 12.5 Å². The summed E-state index contributed by atoms with van der Waals surface area (Å²) in [5.41, 5.74) is 0.140. The van der Waals surface area contributed by atoms with Crippen LogP contribution in [-0.2, 0) is 32.5 Å². The average Bonchev–Trinajstić information content (AvgIpc) is 2.42. The van der Waals surface area contributed by atoms with Crippen LogP contribution in [0, 0.1) is 5.92 Å². The SMILES string of the molecule is C[C@H](COS(=O)NC(=O)OC(C)(C)C)Cc1ccc(C(C)(F)F)cc1. The van der Waals surface area contributed by atoms with Gasteiger partial charge in [0.2, 0.25) is 0 Å². The average molecular weight is 377 g/mol. The number of benzene rings is 1. The summed E-state index contributed by atoms with van der Waals surface area (Å²) in [5.74, 6) is -2.88. The highest BCUT2D eigenvalue weighted by atomic mass is 32.2. The van der Waals surface area contributed by atoms with Crippen LogP contribution in [-0.4, -0.2) is 22.5 Å². The van der Waals surface area contributed by atoms with Gasteiger partial charge in [-0.25, -0.2) is 22.5 Å². The molecule has 0 radical (unpaired) electrons. The van der Waals surface area contributed by atoms with Gasteiger partial charge in [0.15, 0.2) is 0 Å². The lowest BCUT2D eigenvalue weighted by atomic mass is 10.00. The zero-order chi connectivity index (χ0) is 19.3. The Bertz CT molecular complexity index is 594. The Morgan fingerprint density at radius 2 is 1.76 bits per heavy atom. The second kappa shape index (κ2) is 8.71. The predicted molar refractivity (Wildman–Crippen MR) is 92.3 cm³/mol. The minimum atomic E-state index is -2.86. The Hall–Kier alpha value is -1.54. The van der Waals surface area contributed by atoms with Crippen molar-refractivity contribution < 1.29 is 26.7 Å². The zero-order valence-corrected chi connectivity index (χ0v) is 15.9. The number of halogens is 2. The summed E-state index contributed by atoms with van der Waals surface area (Å²) >= 11 is -2.00. The first-order chi connectivity index (χ1) is 11.4. The van der Waals surface area contributed by atoms with Crippen molar-refractivity contribution in [2.45, 2.75) is 52.6 Å². The van der Waals surface area contributed by atoms with Gasteiger partial charge >= 0.3 is 6.09 Å². The molecule has 0 heterocycles. The van der Waals surface area contributed by atoms with E-state index in [9.17, 15) is 17.8 Å². The Balaban J connectivity index is 2.40. The summed E-state index contributed by atoms with van der Waals surface area (Å²) in [4.78, 5) is 11.5. The number of rotatable bonds is 7. The first kappa shape index (κ1) is 21.5. The normalized spacial score (nSPS) is 14.7. The van der Waals surface area contributed by atoms with Crippen LogP contribution in [0.5, 0.6) is 0 Å². The molecule has 0 saturated carbocycles. The fourth-order valence-corrected chi connectivity index (χ4v) is 2.56. The van der Waals surface area contributed by atoms with Crippen LogP contribution in [0.25, 0.3) is 0 Å². The van der Waals surface area contributed by atoms with Gasteiger partial charge in [-0.15, -0.1) is 0 Å². The van der Waals surface area contributed by atoms with Gasteiger partial charge in [-0.05, 0) is 38.7 Å². The molecule has 0 aliphatic rings. The Labute approximate surface area is 149 Å². The molecule has 0 aromatic heterocycles. The van der Waals surface area contributed by atoms with E-state index in [1.54, 1.807) is 32.9 Å². The molecule has 2 atom stereocenters. The van der Waals surface area contributed by atoms with E-state index >= 15 is 0 Å². The topological polar surface area (TPSA) is 64.6 Å². The highest BCUT2D eigenvalue weighted by Crippen LogP contribution is 2.27. The van der Waals surface area contributed by atoms with Crippen LogP contribution >= 0.6 is 0 Å². The minimum absolute atomic E-state index is 0.0163. The molecule has 25 heavy (non-hydrogen) atoms. The van der Waals surface area contributed by atoms with Crippen molar-refractivity contribution in [2.24, 2.45) is 5.92 Å². The largest absolute Gasteiger partial charge is 0.443 e. The number of hydrogen-bond acceptors (Lipinski definition) is 4. The van der Waals surface area contributed by atoms with Gasteiger partial charge in [-0.1, -0.05) is 31.2 Å². The second-order valence-electron chi connectivity index (χ2n) is 7.02. The molecule has 0 spiro atoms. The van der Waals surface area contributed by atoms with Crippen LogP contribution < -0.4 is 4.72 Å². The maximum absolute atomic E-state index is 13.2. The Kier molecular flexibility index (Phi) is 7.49. The van der Waals surface area contributed by atoms with E-state index in [1.165, 1.54) is 12.1 Å². The Morgan fingerprint density at radius 1 is 1.20 bits per heavy atom. The standard InChI is InChI=1S/C17H25F2NO4S/c1-12(10-13-6-8-14(9-7-13)17(5,18)19)11-23-25(22)20-15(21)24-16(2,3)4/h6-9,12H,10-11H2,1-5H3,(H,20,21)/t12-,25?/m0/s1. The van der Waals surface area contributed by atoms with Gasteiger partial charge < -0.3 is 4.74 Å². The molecular weight excluding hydrogens is 352 g/mol. The molecule has 8 heteroatoms. The molecule has 0 saturated heterocycles. The molecule has 0 aliphatic heterocycles. The van der Waals surface area contributed by atoms with E-state index in [4.69, 9.17) is 8.92 Å².